The summed E-state index contributed by atoms with van der Waals surface area (Å²) in [5.74, 6) is 0.820. The fourth-order valence-electron chi connectivity index (χ4n) is 1.07. The molecule has 0 unspecified atom stereocenters. The van der Waals surface area contributed by atoms with E-state index in [4.69, 9.17) is 5.73 Å². The highest BCUT2D eigenvalue weighted by molar-refractivity contribution is 5.79. The number of aromatic nitrogens is 2. The second-order valence-corrected chi connectivity index (χ2v) is 2.50. The highest BCUT2D eigenvalue weighted by Crippen LogP contribution is 1.99. The monoisotopic (exact) mass is 167 g/mol. The molecule has 0 amide bonds. The summed E-state index contributed by atoms with van der Waals surface area (Å²) in [6.07, 6.45) is 4.46. The number of hydrogen-bond donors (Lipinski definition) is 1. The molecule has 0 spiro atoms. The molecular formula is C8H13N3O. The molecule has 0 atom stereocenters. The van der Waals surface area contributed by atoms with Crippen LogP contribution in [0.4, 0.5) is 0 Å². The molecule has 0 saturated heterocycles. The highest BCUT2D eigenvalue weighted by atomic mass is 16.2. The Bertz CT molecular complexity index is 267. The van der Waals surface area contributed by atoms with Crippen molar-refractivity contribution < 1.29 is 4.79 Å². The van der Waals surface area contributed by atoms with Gasteiger partial charge in [-0.25, -0.2) is 4.98 Å². The number of carbonyl (C=O) groups excluding carboxylic acids is 1. The van der Waals surface area contributed by atoms with Gasteiger partial charge in [0.15, 0.2) is 0 Å². The highest BCUT2D eigenvalue weighted by Gasteiger charge is 2.06. The minimum atomic E-state index is 0.0202. The molecule has 0 fully saturated rings. The zero-order chi connectivity index (χ0) is 8.97. The van der Waals surface area contributed by atoms with Gasteiger partial charge in [0.25, 0.3) is 0 Å². The average Bonchev–Trinajstić information content (AvgIpc) is 2.51. The Labute approximate surface area is 71.4 Å². The molecule has 0 aromatic carbocycles. The third kappa shape index (κ3) is 1.71. The van der Waals surface area contributed by atoms with Crippen molar-refractivity contribution in [1.29, 1.82) is 0 Å². The van der Waals surface area contributed by atoms with Gasteiger partial charge < -0.3 is 5.73 Å². The van der Waals surface area contributed by atoms with Crippen molar-refractivity contribution in [2.24, 2.45) is 5.73 Å². The zero-order valence-electron chi connectivity index (χ0n) is 7.16. The van der Waals surface area contributed by atoms with Crippen LogP contribution in [-0.4, -0.2) is 22.0 Å². The van der Waals surface area contributed by atoms with Crippen molar-refractivity contribution in [3.63, 3.8) is 0 Å². The minimum absolute atomic E-state index is 0.0202. The van der Waals surface area contributed by atoms with Crippen molar-refractivity contribution in [2.75, 3.05) is 6.54 Å². The molecule has 0 radical (unpaired) electrons. The van der Waals surface area contributed by atoms with Gasteiger partial charge in [0, 0.05) is 31.8 Å². The Kier molecular flexibility index (Phi) is 2.99. The number of rotatable bonds is 3. The van der Waals surface area contributed by atoms with E-state index in [1.165, 1.54) is 0 Å². The number of imidazole rings is 1. The third-order valence-electron chi connectivity index (χ3n) is 1.66. The molecule has 4 heteroatoms. The van der Waals surface area contributed by atoms with Crippen molar-refractivity contribution in [3.05, 3.63) is 18.2 Å². The van der Waals surface area contributed by atoms with Gasteiger partial charge in [0.1, 0.15) is 5.82 Å². The fourth-order valence-corrected chi connectivity index (χ4v) is 1.07. The largest absolute Gasteiger partial charge is 0.330 e. The molecule has 1 heterocycles. The van der Waals surface area contributed by atoms with E-state index in [1.807, 2.05) is 6.92 Å². The van der Waals surface area contributed by atoms with Gasteiger partial charge >= 0.3 is 0 Å². The van der Waals surface area contributed by atoms with Crippen LogP contribution in [0, 0.1) is 0 Å². The quantitative estimate of drug-likeness (QED) is 0.710. The summed E-state index contributed by atoms with van der Waals surface area (Å²) in [6.45, 7) is 2.36. The van der Waals surface area contributed by atoms with Gasteiger partial charge in [0.2, 0.25) is 5.91 Å². The van der Waals surface area contributed by atoms with E-state index in [-0.39, 0.29) is 5.91 Å². The Hall–Kier alpha value is -1.16. The second kappa shape index (κ2) is 4.01. The fraction of sp³-hybridized carbons (Fsp3) is 0.500. The number of nitrogens with zero attached hydrogens (tertiary/aromatic N) is 2. The van der Waals surface area contributed by atoms with Crippen molar-refractivity contribution >= 4 is 5.91 Å². The Balaban J connectivity index is 2.79. The van der Waals surface area contributed by atoms with E-state index < -0.39 is 0 Å². The van der Waals surface area contributed by atoms with E-state index in [2.05, 4.69) is 4.98 Å². The first-order valence-corrected chi connectivity index (χ1v) is 4.05. The lowest BCUT2D eigenvalue weighted by molar-refractivity contribution is 0.0902. The van der Waals surface area contributed by atoms with Crippen molar-refractivity contribution in [1.82, 2.24) is 9.55 Å². The third-order valence-corrected chi connectivity index (χ3v) is 1.66. The van der Waals surface area contributed by atoms with E-state index in [0.717, 1.165) is 12.2 Å². The molecule has 4 nitrogen and oxygen atoms in total. The summed E-state index contributed by atoms with van der Waals surface area (Å²) in [7, 11) is 0. The van der Waals surface area contributed by atoms with E-state index in [9.17, 15) is 4.79 Å². The lowest BCUT2D eigenvalue weighted by Crippen LogP contribution is -2.16. The molecule has 12 heavy (non-hydrogen) atoms. The summed E-state index contributed by atoms with van der Waals surface area (Å²) in [6, 6.07) is 0. The average molecular weight is 167 g/mol. The maximum absolute atomic E-state index is 11.3. The molecule has 0 aliphatic carbocycles. The number of carbonyl (C=O) groups is 1. The van der Waals surface area contributed by atoms with Gasteiger partial charge in [-0.05, 0) is 0 Å². The van der Waals surface area contributed by atoms with Crippen LogP contribution >= 0.6 is 0 Å². The van der Waals surface area contributed by atoms with Crippen LogP contribution in [0.5, 0.6) is 0 Å². The molecule has 1 aromatic heterocycles. The lowest BCUT2D eigenvalue weighted by Gasteiger charge is -2.02. The predicted molar refractivity (Wildman–Crippen MR) is 45.9 cm³/mol. The number of nitrogens with two attached hydrogens (primary N) is 1. The Morgan fingerprint density at radius 3 is 3.08 bits per heavy atom. The molecule has 66 valence electrons. The molecule has 0 bridgehead atoms. The topological polar surface area (TPSA) is 60.9 Å². The summed E-state index contributed by atoms with van der Waals surface area (Å²) in [4.78, 5) is 15.4. The summed E-state index contributed by atoms with van der Waals surface area (Å²) >= 11 is 0. The van der Waals surface area contributed by atoms with Gasteiger partial charge in [-0.2, -0.15) is 0 Å². The summed E-state index contributed by atoms with van der Waals surface area (Å²) in [5.41, 5.74) is 5.27. The summed E-state index contributed by atoms with van der Waals surface area (Å²) in [5, 5.41) is 0. The van der Waals surface area contributed by atoms with Crippen LogP contribution in [0.15, 0.2) is 12.4 Å². The Morgan fingerprint density at radius 2 is 2.50 bits per heavy atom. The van der Waals surface area contributed by atoms with E-state index in [0.29, 0.717) is 13.0 Å². The number of hydrogen-bond acceptors (Lipinski definition) is 3. The van der Waals surface area contributed by atoms with Crippen LogP contribution in [0.2, 0.25) is 0 Å². The van der Waals surface area contributed by atoms with Crippen molar-refractivity contribution in [3.8, 4) is 0 Å². The van der Waals surface area contributed by atoms with E-state index >= 15 is 0 Å². The SMILES string of the molecule is CCc1nccn1C(=O)CCN. The van der Waals surface area contributed by atoms with Crippen LogP contribution in [0.1, 0.15) is 24.0 Å². The van der Waals surface area contributed by atoms with Gasteiger partial charge in [0.05, 0.1) is 0 Å². The van der Waals surface area contributed by atoms with Gasteiger partial charge in [-0.15, -0.1) is 0 Å². The number of aryl methyl sites for hydroxylation is 1. The van der Waals surface area contributed by atoms with Gasteiger partial charge in [-0.1, -0.05) is 6.92 Å². The molecule has 1 aromatic rings. The first kappa shape index (κ1) is 8.93. The van der Waals surface area contributed by atoms with Crippen LogP contribution < -0.4 is 5.73 Å². The minimum Gasteiger partial charge on any atom is -0.330 e. The molecule has 1 rings (SSSR count). The second-order valence-electron chi connectivity index (χ2n) is 2.50. The molecule has 2 N–H and O–H groups in total. The molecule has 0 aliphatic rings. The molecule has 0 saturated carbocycles. The maximum Gasteiger partial charge on any atom is 0.233 e. The molecular weight excluding hydrogens is 154 g/mol. The lowest BCUT2D eigenvalue weighted by atomic mass is 10.4. The van der Waals surface area contributed by atoms with Crippen molar-refractivity contribution in [2.45, 2.75) is 19.8 Å². The van der Waals surface area contributed by atoms with Crippen LogP contribution in [-0.2, 0) is 6.42 Å². The van der Waals surface area contributed by atoms with Crippen LogP contribution in [0.25, 0.3) is 0 Å². The predicted octanol–water partition coefficient (Wildman–Crippen LogP) is 0.434. The summed E-state index contributed by atoms with van der Waals surface area (Å²) < 4.78 is 1.56. The van der Waals surface area contributed by atoms with Gasteiger partial charge in [-0.3, -0.25) is 9.36 Å². The van der Waals surface area contributed by atoms with E-state index in [1.54, 1.807) is 17.0 Å². The molecule has 0 aliphatic heterocycles. The standard InChI is InChI=1S/C8H13N3O/c1-2-7-10-5-6-11(7)8(12)3-4-9/h5-6H,2-4,9H2,1H3. The maximum atomic E-state index is 11.3. The Morgan fingerprint density at radius 1 is 1.75 bits per heavy atom. The smallest absolute Gasteiger partial charge is 0.233 e. The van der Waals surface area contributed by atoms with Crippen LogP contribution in [0.3, 0.4) is 0 Å². The normalized spacial score (nSPS) is 10.2. The first-order valence-electron chi connectivity index (χ1n) is 4.05. The first-order chi connectivity index (χ1) is 5.79. The zero-order valence-corrected chi connectivity index (χ0v) is 7.16.